The van der Waals surface area contributed by atoms with Crippen molar-refractivity contribution >= 4 is 50.1 Å². The highest BCUT2D eigenvalue weighted by Crippen LogP contribution is 2.65. The maximum absolute atomic E-state index is 10.3. The van der Waals surface area contributed by atoms with E-state index in [1.54, 1.807) is 0 Å². The molecule has 2 nitrogen and oxygen atoms in total. The smallest absolute Gasteiger partial charge is 0.423 e. The summed E-state index contributed by atoms with van der Waals surface area (Å²) in [6, 6.07) is 74.0. The van der Waals surface area contributed by atoms with Crippen molar-refractivity contribution in [2.75, 3.05) is 0 Å². The first-order valence-electron chi connectivity index (χ1n) is 21.3. The van der Waals surface area contributed by atoms with Crippen LogP contribution in [-0.2, 0) is 10.8 Å². The molecule has 4 aliphatic rings. The summed E-state index contributed by atoms with van der Waals surface area (Å²) in [4.78, 5) is 0. The molecule has 0 radical (unpaired) electrons. The van der Waals surface area contributed by atoms with E-state index in [4.69, 9.17) is 0 Å². The number of halogens is 1. The highest BCUT2D eigenvalue weighted by Gasteiger charge is 2.53. The van der Waals surface area contributed by atoms with Gasteiger partial charge in [-0.25, -0.2) is 0 Å². The lowest BCUT2D eigenvalue weighted by molar-refractivity contribution is 0.426. The molecule has 10 aromatic carbocycles. The van der Waals surface area contributed by atoms with Crippen LogP contribution in [0.1, 0.15) is 44.5 Å². The van der Waals surface area contributed by atoms with Crippen molar-refractivity contribution in [1.29, 1.82) is 0 Å². The van der Waals surface area contributed by atoms with Gasteiger partial charge in [0.15, 0.2) is 0 Å². The molecule has 0 saturated heterocycles. The van der Waals surface area contributed by atoms with Gasteiger partial charge in [-0.05, 0) is 122 Å². The normalized spacial score (nSPS) is 14.3. The SMILES string of the molecule is Brc1cc2c(c3ccccc13)-c1ccccc1C21c2ccccc2-c2ccccc21.OB(O)c1cc2c(c3ccccc13)-c1ccccc1C21c2ccccc2-c2ccccc21. The molecule has 0 aliphatic heterocycles. The summed E-state index contributed by atoms with van der Waals surface area (Å²) in [6.45, 7) is 0. The first-order chi connectivity index (χ1) is 30.5. The quantitative estimate of drug-likeness (QED) is 0.162. The highest BCUT2D eigenvalue weighted by molar-refractivity contribution is 9.10. The second-order valence-electron chi connectivity index (χ2n) is 16.9. The van der Waals surface area contributed by atoms with Gasteiger partial charge in [-0.3, -0.25) is 0 Å². The summed E-state index contributed by atoms with van der Waals surface area (Å²) in [7, 11) is -1.54. The van der Waals surface area contributed by atoms with Crippen molar-refractivity contribution in [2.24, 2.45) is 0 Å². The largest absolute Gasteiger partial charge is 0.489 e. The summed E-state index contributed by atoms with van der Waals surface area (Å²) in [5, 5.41) is 25.2. The number of fused-ring (bicyclic) bond motifs is 24. The van der Waals surface area contributed by atoms with Crippen LogP contribution in [0.3, 0.4) is 0 Å². The van der Waals surface area contributed by atoms with Gasteiger partial charge < -0.3 is 10.0 Å². The van der Waals surface area contributed by atoms with Gasteiger partial charge in [0.05, 0.1) is 10.8 Å². The zero-order chi connectivity index (χ0) is 41.3. The summed E-state index contributed by atoms with van der Waals surface area (Å²) in [5.41, 5.74) is 20.5. The van der Waals surface area contributed by atoms with Gasteiger partial charge >= 0.3 is 7.12 Å². The molecule has 14 rings (SSSR count). The average molecular weight is 856 g/mol. The van der Waals surface area contributed by atoms with E-state index < -0.39 is 12.5 Å². The zero-order valence-electron chi connectivity index (χ0n) is 33.5. The molecule has 0 saturated carbocycles. The summed E-state index contributed by atoms with van der Waals surface area (Å²) >= 11 is 3.91. The minimum Gasteiger partial charge on any atom is -0.423 e. The molecule has 4 aliphatic carbocycles. The third kappa shape index (κ3) is 4.41. The van der Waals surface area contributed by atoms with E-state index in [1.807, 2.05) is 24.3 Å². The minimum absolute atomic E-state index is 0.272. The molecule has 2 N–H and O–H groups in total. The fourth-order valence-corrected chi connectivity index (χ4v) is 12.7. The topological polar surface area (TPSA) is 40.5 Å². The average Bonchev–Trinajstić information content (AvgIpc) is 4.01. The van der Waals surface area contributed by atoms with E-state index in [1.165, 1.54) is 94.2 Å². The van der Waals surface area contributed by atoms with Gasteiger partial charge in [-0.15, -0.1) is 0 Å². The van der Waals surface area contributed by atoms with Gasteiger partial charge in [0.1, 0.15) is 0 Å². The third-order valence-electron chi connectivity index (χ3n) is 14.3. The fourth-order valence-electron chi connectivity index (χ4n) is 12.1. The first kappa shape index (κ1) is 35.9. The van der Waals surface area contributed by atoms with E-state index in [0.29, 0.717) is 5.46 Å². The lowest BCUT2D eigenvalue weighted by Crippen LogP contribution is -2.33. The second kappa shape index (κ2) is 13.1. The number of benzene rings is 10. The molecule has 0 unspecified atom stereocenters. The van der Waals surface area contributed by atoms with E-state index in [0.717, 1.165) is 20.8 Å². The summed E-state index contributed by atoms with van der Waals surface area (Å²) in [6.07, 6.45) is 0. The molecule has 4 heteroatoms. The molecule has 0 amide bonds. The van der Waals surface area contributed by atoms with Crippen molar-refractivity contribution in [2.45, 2.75) is 10.8 Å². The maximum Gasteiger partial charge on any atom is 0.489 e. The molecule has 290 valence electrons. The lowest BCUT2D eigenvalue weighted by Gasteiger charge is -2.31. The van der Waals surface area contributed by atoms with Crippen LogP contribution in [0.15, 0.2) is 211 Å². The highest BCUT2D eigenvalue weighted by atomic mass is 79.9. The summed E-state index contributed by atoms with van der Waals surface area (Å²) in [5.74, 6) is 0. The summed E-state index contributed by atoms with van der Waals surface area (Å²) < 4.78 is 1.16. The van der Waals surface area contributed by atoms with Crippen LogP contribution in [0.2, 0.25) is 0 Å². The van der Waals surface area contributed by atoms with E-state index in [9.17, 15) is 10.0 Å². The molecule has 0 atom stereocenters. The number of hydrogen-bond donors (Lipinski definition) is 2. The van der Waals surface area contributed by atoms with Gasteiger partial charge in [-0.2, -0.15) is 0 Å². The maximum atomic E-state index is 10.3. The van der Waals surface area contributed by atoms with Crippen LogP contribution < -0.4 is 5.46 Å². The lowest BCUT2D eigenvalue weighted by atomic mass is 9.67. The predicted octanol–water partition coefficient (Wildman–Crippen LogP) is 12.8. The van der Waals surface area contributed by atoms with Gasteiger partial charge in [0, 0.05) is 4.47 Å². The fraction of sp³-hybridized carbons (Fsp3) is 0.0345. The van der Waals surface area contributed by atoms with Crippen molar-refractivity contribution in [3.8, 4) is 44.5 Å². The Bertz CT molecular complexity index is 3460. The van der Waals surface area contributed by atoms with Gasteiger partial charge in [0.25, 0.3) is 0 Å². The Morgan fingerprint density at radius 3 is 1.00 bits per heavy atom. The molecule has 0 fully saturated rings. The molecule has 62 heavy (non-hydrogen) atoms. The molecular formula is C58H36BBrO2. The van der Waals surface area contributed by atoms with E-state index in [2.05, 4.69) is 198 Å². The predicted molar refractivity (Wildman–Crippen MR) is 258 cm³/mol. The first-order valence-corrected chi connectivity index (χ1v) is 22.1. The number of rotatable bonds is 1. The van der Waals surface area contributed by atoms with Gasteiger partial charge in [-0.1, -0.05) is 216 Å². The molecule has 2 spiro atoms. The van der Waals surface area contributed by atoms with Gasteiger partial charge in [0.2, 0.25) is 0 Å². The van der Waals surface area contributed by atoms with Crippen molar-refractivity contribution in [3.05, 3.63) is 255 Å². The monoisotopic (exact) mass is 854 g/mol. The Morgan fingerprint density at radius 1 is 0.306 bits per heavy atom. The molecule has 0 heterocycles. The Hall–Kier alpha value is -6.82. The molecule has 0 aromatic heterocycles. The van der Waals surface area contributed by atoms with Crippen LogP contribution in [0.4, 0.5) is 0 Å². The Morgan fingerprint density at radius 2 is 0.597 bits per heavy atom. The van der Waals surface area contributed by atoms with E-state index in [-0.39, 0.29) is 5.41 Å². The molecular weight excluding hydrogens is 819 g/mol. The van der Waals surface area contributed by atoms with Crippen LogP contribution in [0.5, 0.6) is 0 Å². The Labute approximate surface area is 368 Å². The van der Waals surface area contributed by atoms with Crippen molar-refractivity contribution in [1.82, 2.24) is 0 Å². The number of hydrogen-bond acceptors (Lipinski definition) is 2. The Balaban J connectivity index is 0.000000126. The molecule has 0 bridgehead atoms. The molecule has 10 aromatic rings. The van der Waals surface area contributed by atoms with Crippen molar-refractivity contribution in [3.63, 3.8) is 0 Å². The van der Waals surface area contributed by atoms with Crippen LogP contribution in [-0.4, -0.2) is 17.2 Å². The Kier molecular flexibility index (Phi) is 7.58. The second-order valence-corrected chi connectivity index (χ2v) is 17.8. The van der Waals surface area contributed by atoms with Crippen LogP contribution >= 0.6 is 15.9 Å². The van der Waals surface area contributed by atoms with E-state index >= 15 is 0 Å². The standard InChI is InChI=1S/C29H19BO2.C29H17Br/c31-30(32)27-17-26-28(21-12-2-1-11-20(21)27)22-13-5-8-16-25(22)29(26)23-14-6-3-9-18(23)19-10-4-7-15-24(19)29;30-27-17-26-28(21-12-2-1-11-20(21)27)22-13-5-8-16-25(22)29(26)23-14-6-3-9-18(23)19-10-4-7-15-24(19)29/h1-17,31-32H;1-17H. The third-order valence-corrected chi connectivity index (χ3v) is 14.9. The zero-order valence-corrected chi connectivity index (χ0v) is 35.1. The minimum atomic E-state index is -1.54. The van der Waals surface area contributed by atoms with Crippen LogP contribution in [0, 0.1) is 0 Å². The van der Waals surface area contributed by atoms with Crippen molar-refractivity contribution < 1.29 is 10.0 Å². The van der Waals surface area contributed by atoms with Crippen LogP contribution in [0.25, 0.3) is 66.1 Å².